The highest BCUT2D eigenvalue weighted by Gasteiger charge is 2.16. The van der Waals surface area contributed by atoms with Gasteiger partial charge in [-0.05, 0) is 69.3 Å². The maximum absolute atomic E-state index is 11.9. The van der Waals surface area contributed by atoms with Gasteiger partial charge in [0.2, 0.25) is 5.95 Å². The van der Waals surface area contributed by atoms with Crippen LogP contribution in [-0.4, -0.2) is 28.8 Å². The van der Waals surface area contributed by atoms with E-state index in [9.17, 15) is 4.79 Å². The Morgan fingerprint density at radius 1 is 0.935 bits per heavy atom. The Hall–Kier alpha value is -4.01. The Labute approximate surface area is 181 Å². The molecule has 0 aliphatic heterocycles. The van der Waals surface area contributed by atoms with E-state index in [1.54, 1.807) is 31.4 Å². The number of carbonyl (C=O) groups excluding carboxylic acids is 1. The quantitative estimate of drug-likeness (QED) is 0.442. The molecule has 1 amide bonds. The summed E-state index contributed by atoms with van der Waals surface area (Å²) >= 11 is 0. The van der Waals surface area contributed by atoms with Crippen LogP contribution in [0.4, 0.5) is 39.3 Å². The third-order valence-electron chi connectivity index (χ3n) is 3.96. The number of aromatic nitrogens is 2. The lowest BCUT2D eigenvalue weighted by atomic mass is 10.2. The fourth-order valence-corrected chi connectivity index (χ4v) is 2.55. The van der Waals surface area contributed by atoms with E-state index in [2.05, 4.69) is 25.9 Å². The molecule has 3 rings (SSSR count). The summed E-state index contributed by atoms with van der Waals surface area (Å²) in [6.45, 7) is 5.43. The summed E-state index contributed by atoms with van der Waals surface area (Å²) in [6.07, 6.45) is 1.02. The van der Waals surface area contributed by atoms with Gasteiger partial charge in [-0.25, -0.2) is 9.78 Å². The van der Waals surface area contributed by atoms with Crippen molar-refractivity contribution in [3.8, 4) is 5.75 Å². The molecule has 0 spiro atoms. The summed E-state index contributed by atoms with van der Waals surface area (Å²) in [7, 11) is 1.61. The first kappa shape index (κ1) is 21.7. The highest BCUT2D eigenvalue weighted by molar-refractivity contribution is 5.85. The molecule has 0 aliphatic rings. The molecule has 1 aromatic heterocycles. The molecule has 0 radical (unpaired) electrons. The van der Waals surface area contributed by atoms with E-state index in [0.29, 0.717) is 23.1 Å². The molecule has 3 aromatic rings. The lowest BCUT2D eigenvalue weighted by Crippen LogP contribution is -2.27. The Bertz CT molecular complexity index is 1030. The number of rotatable bonds is 6. The molecule has 0 aliphatic carbocycles. The van der Waals surface area contributed by atoms with Crippen molar-refractivity contribution in [1.82, 2.24) is 9.97 Å². The number of ether oxygens (including phenoxy) is 2. The number of hydrogen-bond donors (Lipinski definition) is 4. The summed E-state index contributed by atoms with van der Waals surface area (Å²) in [5, 5.41) is 8.97. The van der Waals surface area contributed by atoms with E-state index in [0.717, 1.165) is 17.1 Å². The van der Waals surface area contributed by atoms with Crippen molar-refractivity contribution in [3.05, 3.63) is 54.7 Å². The topological polar surface area (TPSA) is 123 Å². The van der Waals surface area contributed by atoms with Gasteiger partial charge in [-0.15, -0.1) is 0 Å². The number of benzene rings is 2. The fourth-order valence-electron chi connectivity index (χ4n) is 2.55. The van der Waals surface area contributed by atoms with Crippen LogP contribution in [0.25, 0.3) is 0 Å². The summed E-state index contributed by atoms with van der Waals surface area (Å²) in [5.74, 6) is 1.61. The third kappa shape index (κ3) is 6.49. The van der Waals surface area contributed by atoms with E-state index in [4.69, 9.17) is 15.2 Å². The average Bonchev–Trinajstić information content (AvgIpc) is 2.71. The molecule has 0 atom stereocenters. The monoisotopic (exact) mass is 422 g/mol. The molecule has 0 unspecified atom stereocenters. The van der Waals surface area contributed by atoms with E-state index in [1.165, 1.54) is 6.20 Å². The van der Waals surface area contributed by atoms with E-state index in [-0.39, 0.29) is 0 Å². The maximum Gasteiger partial charge on any atom is 0.412 e. The molecular weight excluding hydrogens is 396 g/mol. The number of amides is 1. The maximum atomic E-state index is 11.9. The van der Waals surface area contributed by atoms with Crippen molar-refractivity contribution in [2.75, 3.05) is 28.8 Å². The smallest absolute Gasteiger partial charge is 0.412 e. The summed E-state index contributed by atoms with van der Waals surface area (Å²) in [6, 6.07) is 14.5. The molecule has 2 aromatic carbocycles. The highest BCUT2D eigenvalue weighted by Crippen LogP contribution is 2.24. The molecule has 1 heterocycles. The van der Waals surface area contributed by atoms with Crippen molar-refractivity contribution in [2.45, 2.75) is 26.4 Å². The van der Waals surface area contributed by atoms with Gasteiger partial charge in [-0.1, -0.05) is 0 Å². The summed E-state index contributed by atoms with van der Waals surface area (Å²) < 4.78 is 10.4. The van der Waals surface area contributed by atoms with E-state index >= 15 is 0 Å². The lowest BCUT2D eigenvalue weighted by molar-refractivity contribution is 0.0636. The van der Waals surface area contributed by atoms with Crippen LogP contribution in [-0.2, 0) is 4.74 Å². The van der Waals surface area contributed by atoms with Crippen LogP contribution in [0.2, 0.25) is 0 Å². The minimum atomic E-state index is -0.562. The zero-order valence-corrected chi connectivity index (χ0v) is 17.9. The largest absolute Gasteiger partial charge is 0.497 e. The Kier molecular flexibility index (Phi) is 6.44. The van der Waals surface area contributed by atoms with Gasteiger partial charge in [-0.2, -0.15) is 4.98 Å². The number of nitrogen functional groups attached to an aromatic ring is 1. The Morgan fingerprint density at radius 2 is 1.52 bits per heavy atom. The molecule has 9 heteroatoms. The van der Waals surface area contributed by atoms with Gasteiger partial charge in [0.05, 0.1) is 19.0 Å². The second kappa shape index (κ2) is 9.21. The van der Waals surface area contributed by atoms with Gasteiger partial charge < -0.3 is 25.8 Å². The van der Waals surface area contributed by atoms with Crippen molar-refractivity contribution >= 4 is 40.6 Å². The average molecular weight is 422 g/mol. The Morgan fingerprint density at radius 3 is 2.13 bits per heavy atom. The normalized spacial score (nSPS) is 10.8. The minimum absolute atomic E-state index is 0.394. The van der Waals surface area contributed by atoms with Crippen molar-refractivity contribution < 1.29 is 14.3 Å². The number of nitrogens with one attached hydrogen (secondary N) is 3. The first-order valence-electron chi connectivity index (χ1n) is 9.62. The number of anilines is 6. The first-order chi connectivity index (χ1) is 14.7. The predicted octanol–water partition coefficient (Wildman–Crippen LogP) is 4.90. The molecule has 0 bridgehead atoms. The second-order valence-corrected chi connectivity index (χ2v) is 7.68. The Balaban J connectivity index is 1.66. The molecule has 162 valence electrons. The van der Waals surface area contributed by atoms with Crippen LogP contribution in [0.5, 0.6) is 5.75 Å². The number of methoxy groups -OCH3 is 1. The van der Waals surface area contributed by atoms with Crippen LogP contribution in [0.15, 0.2) is 54.7 Å². The van der Waals surface area contributed by atoms with Crippen LogP contribution in [0.3, 0.4) is 0 Å². The minimum Gasteiger partial charge on any atom is -0.497 e. The highest BCUT2D eigenvalue weighted by atomic mass is 16.6. The third-order valence-corrected chi connectivity index (χ3v) is 3.96. The van der Waals surface area contributed by atoms with Crippen molar-refractivity contribution in [1.29, 1.82) is 0 Å². The van der Waals surface area contributed by atoms with Gasteiger partial charge in [0, 0.05) is 17.1 Å². The molecule has 5 N–H and O–H groups in total. The number of carbonyl (C=O) groups is 1. The van der Waals surface area contributed by atoms with Crippen molar-refractivity contribution in [3.63, 3.8) is 0 Å². The van der Waals surface area contributed by atoms with Crippen LogP contribution in [0, 0.1) is 0 Å². The zero-order valence-electron chi connectivity index (χ0n) is 17.9. The van der Waals surface area contributed by atoms with Crippen LogP contribution < -0.4 is 26.4 Å². The predicted molar refractivity (Wildman–Crippen MR) is 122 cm³/mol. The standard InChI is InChI=1S/C22H26N6O3/c1-22(2,3)31-21(29)27-16-7-5-14(6-8-16)25-19-18(23)13-24-20(28-19)26-15-9-11-17(30-4)12-10-15/h5-13H,23H2,1-4H3,(H,27,29)(H2,24,25,26,28). The van der Waals surface area contributed by atoms with Gasteiger partial charge in [-0.3, -0.25) is 5.32 Å². The lowest BCUT2D eigenvalue weighted by Gasteiger charge is -2.19. The summed E-state index contributed by atoms with van der Waals surface area (Å²) in [4.78, 5) is 20.5. The molecule has 0 saturated carbocycles. The van der Waals surface area contributed by atoms with Gasteiger partial charge in [0.25, 0.3) is 0 Å². The fraction of sp³-hybridized carbons (Fsp3) is 0.227. The van der Waals surface area contributed by atoms with E-state index < -0.39 is 11.7 Å². The second-order valence-electron chi connectivity index (χ2n) is 7.68. The van der Waals surface area contributed by atoms with Gasteiger partial charge in [0.1, 0.15) is 11.4 Å². The summed E-state index contributed by atoms with van der Waals surface area (Å²) in [5.41, 5.74) is 8.02. The first-order valence-corrected chi connectivity index (χ1v) is 9.62. The van der Waals surface area contributed by atoms with Crippen LogP contribution in [0.1, 0.15) is 20.8 Å². The molecule has 9 nitrogen and oxygen atoms in total. The molecular formula is C22H26N6O3. The van der Waals surface area contributed by atoms with Gasteiger partial charge in [0.15, 0.2) is 5.82 Å². The molecule has 31 heavy (non-hydrogen) atoms. The van der Waals surface area contributed by atoms with Crippen LogP contribution >= 0.6 is 0 Å². The van der Waals surface area contributed by atoms with Gasteiger partial charge >= 0.3 is 6.09 Å². The SMILES string of the molecule is COc1ccc(Nc2ncc(N)c(Nc3ccc(NC(=O)OC(C)(C)C)cc3)n2)cc1. The molecule has 0 saturated heterocycles. The number of hydrogen-bond acceptors (Lipinski definition) is 8. The number of nitrogens with zero attached hydrogens (tertiary/aromatic N) is 2. The number of nitrogens with two attached hydrogens (primary N) is 1. The van der Waals surface area contributed by atoms with E-state index in [1.807, 2.05) is 45.0 Å². The zero-order chi connectivity index (χ0) is 22.4. The molecule has 0 fully saturated rings. The van der Waals surface area contributed by atoms with Crippen molar-refractivity contribution in [2.24, 2.45) is 0 Å².